The number of benzene rings is 1. The lowest BCUT2D eigenvalue weighted by Crippen LogP contribution is -2.10. The third kappa shape index (κ3) is 2.45. The monoisotopic (exact) mass is 222 g/mol. The van der Waals surface area contributed by atoms with Gasteiger partial charge in [-0.2, -0.15) is 0 Å². The summed E-state index contributed by atoms with van der Waals surface area (Å²) < 4.78 is 15.7. The van der Waals surface area contributed by atoms with E-state index in [1.807, 2.05) is 6.92 Å². The molecule has 1 aromatic rings. The van der Waals surface area contributed by atoms with Crippen LogP contribution >= 0.6 is 0 Å². The molecular formula is C12H14O4. The molecule has 4 heteroatoms. The Morgan fingerprint density at radius 2 is 2.19 bits per heavy atom. The molecular weight excluding hydrogens is 208 g/mol. The van der Waals surface area contributed by atoms with E-state index in [-0.39, 0.29) is 19.2 Å². The quantitative estimate of drug-likeness (QED) is 0.765. The van der Waals surface area contributed by atoms with Gasteiger partial charge in [-0.25, -0.2) is 0 Å². The maximum absolute atomic E-state index is 11.3. The number of rotatable bonds is 5. The average Bonchev–Trinajstić information content (AvgIpc) is 2.74. The SMILES string of the molecule is CCCC(=O)COc1ccc2c(c1)OCO2. The summed E-state index contributed by atoms with van der Waals surface area (Å²) in [6.07, 6.45) is 1.41. The van der Waals surface area contributed by atoms with Gasteiger partial charge in [-0.15, -0.1) is 0 Å². The number of ketones is 1. The van der Waals surface area contributed by atoms with E-state index in [1.165, 1.54) is 0 Å². The fourth-order valence-corrected chi connectivity index (χ4v) is 1.48. The third-order valence-electron chi connectivity index (χ3n) is 2.27. The number of carbonyl (C=O) groups excluding carboxylic acids is 1. The van der Waals surface area contributed by atoms with Crippen molar-refractivity contribution in [2.45, 2.75) is 19.8 Å². The van der Waals surface area contributed by atoms with Crippen LogP contribution in [-0.2, 0) is 4.79 Å². The number of hydrogen-bond acceptors (Lipinski definition) is 4. The van der Waals surface area contributed by atoms with Crippen LogP contribution in [0.15, 0.2) is 18.2 Å². The van der Waals surface area contributed by atoms with Crippen molar-refractivity contribution in [3.8, 4) is 17.2 Å². The van der Waals surface area contributed by atoms with Crippen LogP contribution in [0.1, 0.15) is 19.8 Å². The Hall–Kier alpha value is -1.71. The summed E-state index contributed by atoms with van der Waals surface area (Å²) in [5.74, 6) is 2.13. The van der Waals surface area contributed by atoms with Gasteiger partial charge < -0.3 is 14.2 Å². The van der Waals surface area contributed by atoms with Gasteiger partial charge in [-0.05, 0) is 18.6 Å². The van der Waals surface area contributed by atoms with Crippen LogP contribution in [0, 0.1) is 0 Å². The first-order valence-electron chi connectivity index (χ1n) is 5.33. The zero-order valence-electron chi connectivity index (χ0n) is 9.19. The van der Waals surface area contributed by atoms with E-state index in [0.717, 1.165) is 6.42 Å². The van der Waals surface area contributed by atoms with Gasteiger partial charge in [-0.3, -0.25) is 4.79 Å². The molecule has 86 valence electrons. The smallest absolute Gasteiger partial charge is 0.231 e. The number of hydrogen-bond donors (Lipinski definition) is 0. The van der Waals surface area contributed by atoms with Crippen molar-refractivity contribution in [2.75, 3.05) is 13.4 Å². The highest BCUT2D eigenvalue weighted by molar-refractivity contribution is 5.79. The van der Waals surface area contributed by atoms with Gasteiger partial charge in [0.1, 0.15) is 12.4 Å². The molecule has 0 atom stereocenters. The maximum atomic E-state index is 11.3. The Bertz CT molecular complexity index is 387. The molecule has 0 fully saturated rings. The second kappa shape index (κ2) is 4.88. The van der Waals surface area contributed by atoms with Crippen LogP contribution in [0.3, 0.4) is 0 Å². The first kappa shape index (κ1) is 10.8. The fourth-order valence-electron chi connectivity index (χ4n) is 1.48. The fraction of sp³-hybridized carbons (Fsp3) is 0.417. The Balaban J connectivity index is 1.93. The van der Waals surface area contributed by atoms with Gasteiger partial charge in [0.15, 0.2) is 17.3 Å². The van der Waals surface area contributed by atoms with Crippen LogP contribution in [0.2, 0.25) is 0 Å². The molecule has 0 aliphatic carbocycles. The van der Waals surface area contributed by atoms with Crippen molar-refractivity contribution >= 4 is 5.78 Å². The summed E-state index contributed by atoms with van der Waals surface area (Å²) in [6.45, 7) is 2.33. The minimum atomic E-state index is 0.111. The molecule has 0 radical (unpaired) electrons. The second-order valence-corrected chi connectivity index (χ2v) is 3.59. The highest BCUT2D eigenvalue weighted by atomic mass is 16.7. The number of Topliss-reactive ketones (excluding diaryl/α,β-unsaturated/α-hetero) is 1. The van der Waals surface area contributed by atoms with Crippen molar-refractivity contribution in [2.24, 2.45) is 0 Å². The van der Waals surface area contributed by atoms with Gasteiger partial charge in [0.05, 0.1) is 0 Å². The van der Waals surface area contributed by atoms with Gasteiger partial charge in [0, 0.05) is 12.5 Å². The molecule has 1 aromatic carbocycles. The molecule has 1 aliphatic heterocycles. The van der Waals surface area contributed by atoms with Crippen LogP contribution in [0.5, 0.6) is 17.2 Å². The molecule has 0 bridgehead atoms. The van der Waals surface area contributed by atoms with Crippen molar-refractivity contribution in [1.29, 1.82) is 0 Å². The molecule has 1 aliphatic rings. The molecule has 16 heavy (non-hydrogen) atoms. The molecule has 2 rings (SSSR count). The molecule has 1 heterocycles. The summed E-state index contributed by atoms with van der Waals surface area (Å²) in [5, 5.41) is 0. The van der Waals surface area contributed by atoms with Crippen molar-refractivity contribution < 1.29 is 19.0 Å². The minimum Gasteiger partial charge on any atom is -0.486 e. The Morgan fingerprint density at radius 1 is 1.38 bits per heavy atom. The van der Waals surface area contributed by atoms with E-state index in [4.69, 9.17) is 14.2 Å². The minimum absolute atomic E-state index is 0.111. The Labute approximate surface area is 94.1 Å². The highest BCUT2D eigenvalue weighted by Crippen LogP contribution is 2.34. The first-order valence-corrected chi connectivity index (χ1v) is 5.33. The van der Waals surface area contributed by atoms with Crippen LogP contribution in [-0.4, -0.2) is 19.2 Å². The van der Waals surface area contributed by atoms with Crippen LogP contribution in [0.25, 0.3) is 0 Å². The highest BCUT2D eigenvalue weighted by Gasteiger charge is 2.13. The predicted molar refractivity (Wildman–Crippen MR) is 58.0 cm³/mol. The standard InChI is InChI=1S/C12H14O4/c1-2-3-9(13)7-14-10-4-5-11-12(6-10)16-8-15-11/h4-6H,2-3,7-8H2,1H3. The van der Waals surface area contributed by atoms with Crippen LogP contribution in [0.4, 0.5) is 0 Å². The molecule has 0 N–H and O–H groups in total. The van der Waals surface area contributed by atoms with Crippen molar-refractivity contribution in [3.63, 3.8) is 0 Å². The van der Waals surface area contributed by atoms with E-state index in [2.05, 4.69) is 0 Å². The summed E-state index contributed by atoms with van der Waals surface area (Å²) in [4.78, 5) is 11.3. The van der Waals surface area contributed by atoms with E-state index in [1.54, 1.807) is 18.2 Å². The number of carbonyl (C=O) groups is 1. The van der Waals surface area contributed by atoms with Gasteiger partial charge >= 0.3 is 0 Å². The maximum Gasteiger partial charge on any atom is 0.231 e. The normalized spacial score (nSPS) is 12.6. The molecule has 0 saturated heterocycles. The number of ether oxygens (including phenoxy) is 3. The average molecular weight is 222 g/mol. The first-order chi connectivity index (χ1) is 7.79. The van der Waals surface area contributed by atoms with Gasteiger partial charge in [0.25, 0.3) is 0 Å². The molecule has 0 amide bonds. The predicted octanol–water partition coefficient (Wildman–Crippen LogP) is 2.16. The summed E-state index contributed by atoms with van der Waals surface area (Å²) >= 11 is 0. The third-order valence-corrected chi connectivity index (χ3v) is 2.27. The molecule has 0 spiro atoms. The van der Waals surface area contributed by atoms with Crippen molar-refractivity contribution in [1.82, 2.24) is 0 Å². The lowest BCUT2D eigenvalue weighted by Gasteiger charge is -2.05. The zero-order valence-corrected chi connectivity index (χ0v) is 9.19. The number of fused-ring (bicyclic) bond motifs is 1. The van der Waals surface area contributed by atoms with E-state index < -0.39 is 0 Å². The Kier molecular flexibility index (Phi) is 3.29. The van der Waals surface area contributed by atoms with Gasteiger partial charge in [-0.1, -0.05) is 6.92 Å². The molecule has 0 unspecified atom stereocenters. The molecule has 0 aromatic heterocycles. The van der Waals surface area contributed by atoms with E-state index in [9.17, 15) is 4.79 Å². The molecule has 4 nitrogen and oxygen atoms in total. The molecule has 0 saturated carbocycles. The topological polar surface area (TPSA) is 44.8 Å². The largest absolute Gasteiger partial charge is 0.486 e. The van der Waals surface area contributed by atoms with E-state index >= 15 is 0 Å². The Morgan fingerprint density at radius 3 is 3.00 bits per heavy atom. The van der Waals surface area contributed by atoms with Crippen LogP contribution < -0.4 is 14.2 Å². The summed E-state index contributed by atoms with van der Waals surface area (Å²) in [5.41, 5.74) is 0. The zero-order chi connectivity index (χ0) is 11.4. The summed E-state index contributed by atoms with van der Waals surface area (Å²) in [7, 11) is 0. The lowest BCUT2D eigenvalue weighted by atomic mass is 10.2. The summed E-state index contributed by atoms with van der Waals surface area (Å²) in [6, 6.07) is 5.29. The van der Waals surface area contributed by atoms with E-state index in [0.29, 0.717) is 23.7 Å². The lowest BCUT2D eigenvalue weighted by molar-refractivity contribution is -0.121. The van der Waals surface area contributed by atoms with Gasteiger partial charge in [0.2, 0.25) is 6.79 Å². The second-order valence-electron chi connectivity index (χ2n) is 3.59. The van der Waals surface area contributed by atoms with Crippen molar-refractivity contribution in [3.05, 3.63) is 18.2 Å².